The minimum absolute atomic E-state index is 0. The zero-order valence-electron chi connectivity index (χ0n) is 13.2. The SMILES string of the molecule is Cc1cccc(OCCCCC(=O)NCC(N)C2CC2)c1.Cl. The van der Waals surface area contributed by atoms with E-state index in [1.54, 1.807) is 0 Å². The lowest BCUT2D eigenvalue weighted by atomic mass is 10.2. The van der Waals surface area contributed by atoms with Crippen LogP contribution in [0.4, 0.5) is 0 Å². The van der Waals surface area contributed by atoms with Crippen LogP contribution in [-0.2, 0) is 4.79 Å². The second-order valence-corrected chi connectivity index (χ2v) is 5.93. The van der Waals surface area contributed by atoms with Gasteiger partial charge in [-0.3, -0.25) is 4.79 Å². The van der Waals surface area contributed by atoms with Crippen LogP contribution in [0.5, 0.6) is 5.75 Å². The molecule has 0 bridgehead atoms. The van der Waals surface area contributed by atoms with Crippen LogP contribution in [0.25, 0.3) is 0 Å². The highest BCUT2D eigenvalue weighted by Crippen LogP contribution is 2.31. The van der Waals surface area contributed by atoms with E-state index in [0.717, 1.165) is 18.6 Å². The zero-order valence-corrected chi connectivity index (χ0v) is 14.0. The van der Waals surface area contributed by atoms with Gasteiger partial charge in [0.1, 0.15) is 5.75 Å². The number of unbranched alkanes of at least 4 members (excludes halogenated alkanes) is 1. The van der Waals surface area contributed by atoms with Crippen LogP contribution in [0.15, 0.2) is 24.3 Å². The predicted octanol–water partition coefficient (Wildman–Crippen LogP) is 2.82. The minimum atomic E-state index is 0. The number of nitrogens with two attached hydrogens (primary N) is 1. The zero-order chi connectivity index (χ0) is 15.1. The Labute approximate surface area is 139 Å². The highest BCUT2D eigenvalue weighted by atomic mass is 35.5. The first-order valence-corrected chi connectivity index (χ1v) is 7.87. The smallest absolute Gasteiger partial charge is 0.220 e. The van der Waals surface area contributed by atoms with Crippen molar-refractivity contribution in [2.24, 2.45) is 11.7 Å². The average molecular weight is 327 g/mol. The Bertz CT molecular complexity index is 464. The Hall–Kier alpha value is -1.26. The third-order valence-electron chi connectivity index (χ3n) is 3.82. The summed E-state index contributed by atoms with van der Waals surface area (Å²) in [5, 5.41) is 2.92. The van der Waals surface area contributed by atoms with Crippen molar-refractivity contribution >= 4 is 18.3 Å². The van der Waals surface area contributed by atoms with Crippen LogP contribution in [0.1, 0.15) is 37.7 Å². The molecule has 1 unspecified atom stereocenters. The first-order chi connectivity index (χ1) is 10.1. The van der Waals surface area contributed by atoms with E-state index in [-0.39, 0.29) is 24.4 Å². The molecule has 4 nitrogen and oxygen atoms in total. The molecule has 1 aliphatic rings. The molecule has 0 saturated heterocycles. The molecule has 22 heavy (non-hydrogen) atoms. The fourth-order valence-electron chi connectivity index (χ4n) is 2.29. The lowest BCUT2D eigenvalue weighted by Gasteiger charge is -2.11. The number of hydrogen-bond donors (Lipinski definition) is 2. The van der Waals surface area contributed by atoms with Gasteiger partial charge >= 0.3 is 0 Å². The Balaban J connectivity index is 0.00000242. The van der Waals surface area contributed by atoms with Gasteiger partial charge in [-0.1, -0.05) is 12.1 Å². The summed E-state index contributed by atoms with van der Waals surface area (Å²) in [5.74, 6) is 1.63. The van der Waals surface area contributed by atoms with Crippen LogP contribution in [0.3, 0.4) is 0 Å². The van der Waals surface area contributed by atoms with Gasteiger partial charge in [0.2, 0.25) is 5.91 Å². The summed E-state index contributed by atoms with van der Waals surface area (Å²) in [6.45, 7) is 3.31. The predicted molar refractivity (Wildman–Crippen MR) is 91.5 cm³/mol. The van der Waals surface area contributed by atoms with E-state index in [1.165, 1.54) is 18.4 Å². The number of carbonyl (C=O) groups excluding carboxylic acids is 1. The molecule has 1 amide bonds. The van der Waals surface area contributed by atoms with Gasteiger partial charge in [-0.15, -0.1) is 12.4 Å². The molecule has 0 aliphatic heterocycles. The van der Waals surface area contributed by atoms with E-state index in [0.29, 0.717) is 25.5 Å². The van der Waals surface area contributed by atoms with Gasteiger partial charge in [0, 0.05) is 19.0 Å². The number of carbonyl (C=O) groups is 1. The van der Waals surface area contributed by atoms with E-state index in [1.807, 2.05) is 31.2 Å². The lowest BCUT2D eigenvalue weighted by Crippen LogP contribution is -2.38. The number of amides is 1. The molecule has 1 saturated carbocycles. The van der Waals surface area contributed by atoms with Crippen molar-refractivity contribution < 1.29 is 9.53 Å². The Morgan fingerprint density at radius 1 is 1.41 bits per heavy atom. The van der Waals surface area contributed by atoms with Crippen LogP contribution in [-0.4, -0.2) is 25.1 Å². The van der Waals surface area contributed by atoms with E-state index in [2.05, 4.69) is 5.32 Å². The molecular formula is C17H27ClN2O2. The molecule has 0 radical (unpaired) electrons. The first kappa shape index (κ1) is 18.8. The van der Waals surface area contributed by atoms with E-state index < -0.39 is 0 Å². The molecule has 2 rings (SSSR count). The average Bonchev–Trinajstić information content (AvgIpc) is 3.29. The summed E-state index contributed by atoms with van der Waals surface area (Å²) in [5.41, 5.74) is 7.14. The van der Waals surface area contributed by atoms with Gasteiger partial charge in [0.15, 0.2) is 0 Å². The van der Waals surface area contributed by atoms with Gasteiger partial charge in [-0.25, -0.2) is 0 Å². The summed E-state index contributed by atoms with van der Waals surface area (Å²) < 4.78 is 5.65. The Kier molecular flexibility index (Phi) is 8.28. The molecule has 0 heterocycles. The molecule has 5 heteroatoms. The number of halogens is 1. The number of nitrogens with one attached hydrogen (secondary N) is 1. The Morgan fingerprint density at radius 2 is 2.18 bits per heavy atom. The Morgan fingerprint density at radius 3 is 2.86 bits per heavy atom. The fourth-order valence-corrected chi connectivity index (χ4v) is 2.29. The molecule has 1 aromatic rings. The standard InChI is InChI=1S/C17H26N2O2.ClH/c1-13-5-4-6-15(11-13)21-10-3-2-7-17(20)19-12-16(18)14-8-9-14;/h4-6,11,14,16H,2-3,7-10,12,18H2,1H3,(H,19,20);1H. The first-order valence-electron chi connectivity index (χ1n) is 7.87. The van der Waals surface area contributed by atoms with Crippen LogP contribution >= 0.6 is 12.4 Å². The molecule has 1 aliphatic carbocycles. The molecular weight excluding hydrogens is 300 g/mol. The van der Waals surface area contributed by atoms with Crippen LogP contribution in [0, 0.1) is 12.8 Å². The van der Waals surface area contributed by atoms with Gasteiger partial charge < -0.3 is 15.8 Å². The van der Waals surface area contributed by atoms with Gasteiger partial charge in [-0.05, 0) is 56.2 Å². The number of aryl methyl sites for hydroxylation is 1. The summed E-state index contributed by atoms with van der Waals surface area (Å²) in [6.07, 6.45) is 4.71. The van der Waals surface area contributed by atoms with E-state index in [4.69, 9.17) is 10.5 Å². The van der Waals surface area contributed by atoms with Crippen LogP contribution < -0.4 is 15.8 Å². The molecule has 0 aromatic heterocycles. The molecule has 1 atom stereocenters. The third-order valence-corrected chi connectivity index (χ3v) is 3.82. The summed E-state index contributed by atoms with van der Waals surface area (Å²) in [4.78, 5) is 11.7. The number of ether oxygens (including phenoxy) is 1. The largest absolute Gasteiger partial charge is 0.494 e. The maximum atomic E-state index is 11.7. The number of rotatable bonds is 9. The monoisotopic (exact) mass is 326 g/mol. The van der Waals surface area contributed by atoms with Crippen molar-refractivity contribution in [3.8, 4) is 5.75 Å². The van der Waals surface area contributed by atoms with Crippen molar-refractivity contribution in [2.75, 3.05) is 13.2 Å². The molecule has 124 valence electrons. The van der Waals surface area contributed by atoms with Crippen LogP contribution in [0.2, 0.25) is 0 Å². The lowest BCUT2D eigenvalue weighted by molar-refractivity contribution is -0.121. The molecule has 3 N–H and O–H groups in total. The second kappa shape index (κ2) is 9.70. The van der Waals surface area contributed by atoms with Crippen molar-refractivity contribution in [1.82, 2.24) is 5.32 Å². The topological polar surface area (TPSA) is 64.3 Å². The highest BCUT2D eigenvalue weighted by Gasteiger charge is 2.28. The van der Waals surface area contributed by atoms with Gasteiger partial charge in [-0.2, -0.15) is 0 Å². The molecule has 0 spiro atoms. The number of benzene rings is 1. The van der Waals surface area contributed by atoms with Crippen molar-refractivity contribution in [3.05, 3.63) is 29.8 Å². The normalized spacial score (nSPS) is 14.8. The van der Waals surface area contributed by atoms with Crippen molar-refractivity contribution in [2.45, 2.75) is 45.1 Å². The second-order valence-electron chi connectivity index (χ2n) is 5.93. The highest BCUT2D eigenvalue weighted by molar-refractivity contribution is 5.85. The van der Waals surface area contributed by atoms with Gasteiger partial charge in [0.25, 0.3) is 0 Å². The molecule has 1 aromatic carbocycles. The summed E-state index contributed by atoms with van der Waals surface area (Å²) in [7, 11) is 0. The van der Waals surface area contributed by atoms with Crippen molar-refractivity contribution in [1.29, 1.82) is 0 Å². The van der Waals surface area contributed by atoms with E-state index >= 15 is 0 Å². The maximum Gasteiger partial charge on any atom is 0.220 e. The quantitative estimate of drug-likeness (QED) is 0.686. The maximum absolute atomic E-state index is 11.7. The van der Waals surface area contributed by atoms with Gasteiger partial charge in [0.05, 0.1) is 6.61 Å². The van der Waals surface area contributed by atoms with E-state index in [9.17, 15) is 4.79 Å². The summed E-state index contributed by atoms with van der Waals surface area (Å²) in [6, 6.07) is 8.15. The summed E-state index contributed by atoms with van der Waals surface area (Å²) >= 11 is 0. The molecule has 1 fully saturated rings. The fraction of sp³-hybridized carbons (Fsp3) is 0.588. The van der Waals surface area contributed by atoms with Crippen molar-refractivity contribution in [3.63, 3.8) is 0 Å². The number of hydrogen-bond acceptors (Lipinski definition) is 3. The minimum Gasteiger partial charge on any atom is -0.494 e. The third kappa shape index (κ3) is 7.14.